The monoisotopic (exact) mass is 702 g/mol. The smallest absolute Gasteiger partial charge is 0.222 e. The molecule has 6 nitrogen and oxygen atoms in total. The van der Waals surface area contributed by atoms with Crippen LogP contribution in [-0.4, -0.2) is 47.8 Å². The third-order valence-corrected chi connectivity index (χ3v) is 9.98. The van der Waals surface area contributed by atoms with Crippen LogP contribution in [0.1, 0.15) is 226 Å². The van der Waals surface area contributed by atoms with Gasteiger partial charge in [0, 0.05) is 19.4 Å². The van der Waals surface area contributed by atoms with Crippen LogP contribution in [0.3, 0.4) is 0 Å². The number of carbonyl (C=O) groups excluding carboxylic acids is 2. The number of nitrogens with one attached hydrogen (secondary N) is 2. The highest BCUT2D eigenvalue weighted by Gasteiger charge is 2.32. The Kier molecular flexibility index (Phi) is 38.4. The van der Waals surface area contributed by atoms with E-state index in [4.69, 9.17) is 0 Å². The first-order valence-electron chi connectivity index (χ1n) is 20.8. The highest BCUT2D eigenvalue weighted by atomic mass is 35.5. The molecule has 0 rings (SSSR count). The Morgan fingerprint density at radius 2 is 0.708 bits per heavy atom. The number of halogens is 1. The van der Waals surface area contributed by atoms with Crippen molar-refractivity contribution < 1.29 is 14.7 Å². The number of carbonyl (C=O) groups is 2. The maximum atomic E-state index is 12.8. The zero-order valence-corrected chi connectivity index (χ0v) is 33.5. The Labute approximate surface area is 305 Å². The average molecular weight is 703 g/mol. The number of likely N-dealkylation sites (N-methyl/N-ethyl adjacent to an activating group) is 1. The van der Waals surface area contributed by atoms with E-state index in [-0.39, 0.29) is 30.8 Å². The summed E-state index contributed by atoms with van der Waals surface area (Å²) in [7, 11) is 1.83. The molecule has 7 heteroatoms. The van der Waals surface area contributed by atoms with Gasteiger partial charge in [-0.25, -0.2) is 0 Å². The van der Waals surface area contributed by atoms with Crippen LogP contribution in [0.15, 0.2) is 0 Å². The first kappa shape index (κ1) is 49.3. The van der Waals surface area contributed by atoms with E-state index in [0.29, 0.717) is 19.4 Å². The Morgan fingerprint density at radius 1 is 0.479 bits per heavy atom. The van der Waals surface area contributed by atoms with E-state index in [1.165, 1.54) is 167 Å². The van der Waals surface area contributed by atoms with Gasteiger partial charge in [-0.3, -0.25) is 14.5 Å². The second-order valence-corrected chi connectivity index (χ2v) is 14.7. The van der Waals surface area contributed by atoms with Crippen LogP contribution in [-0.2, 0) is 9.59 Å². The van der Waals surface area contributed by atoms with Gasteiger partial charge >= 0.3 is 0 Å². The minimum absolute atomic E-state index is 0. The third-order valence-electron chi connectivity index (χ3n) is 9.98. The molecule has 0 radical (unpaired) electrons. The highest BCUT2D eigenvalue weighted by Crippen LogP contribution is 2.16. The fourth-order valence-electron chi connectivity index (χ4n) is 6.58. The van der Waals surface area contributed by atoms with Gasteiger partial charge in [-0.15, -0.1) is 12.4 Å². The first-order chi connectivity index (χ1) is 22.9. The number of hydrogen-bond donors (Lipinski definition) is 3. The lowest BCUT2D eigenvalue weighted by Crippen LogP contribution is -2.67. The van der Waals surface area contributed by atoms with E-state index in [0.717, 1.165) is 25.7 Å². The van der Waals surface area contributed by atoms with Crippen molar-refractivity contribution in [2.24, 2.45) is 0 Å². The zero-order valence-electron chi connectivity index (χ0n) is 32.7. The molecule has 0 spiro atoms. The largest absolute Gasteiger partial charge is 0.395 e. The molecule has 0 aliphatic carbocycles. The summed E-state index contributed by atoms with van der Waals surface area (Å²) in [5.74, 6) is -1.08. The predicted molar refractivity (Wildman–Crippen MR) is 211 cm³/mol. The number of amides is 2. The summed E-state index contributed by atoms with van der Waals surface area (Å²) in [5.41, 5.74) is 0. The summed E-state index contributed by atoms with van der Waals surface area (Å²) in [4.78, 5) is 27.5. The Hall–Kier alpha value is -0.850. The zero-order chi connectivity index (χ0) is 34.7. The van der Waals surface area contributed by atoms with Gasteiger partial charge in [0.1, 0.15) is 0 Å². The molecule has 0 unspecified atom stereocenters. The predicted octanol–water partition coefficient (Wildman–Crippen LogP) is 11.8. The topological polar surface area (TPSA) is 81.7 Å². The molecule has 0 heterocycles. The van der Waals surface area contributed by atoms with Gasteiger partial charge in [0.05, 0.1) is 6.61 Å². The second-order valence-electron chi connectivity index (χ2n) is 14.7. The summed E-state index contributed by atoms with van der Waals surface area (Å²) in [6, 6.07) is 0. The number of nitrogens with zero attached hydrogens (tertiary/aromatic N) is 1. The van der Waals surface area contributed by atoms with E-state index in [1.807, 2.05) is 18.9 Å². The van der Waals surface area contributed by atoms with E-state index < -0.39 is 5.79 Å². The number of unbranched alkanes of at least 4 members (excludes halogenated alkanes) is 28. The Bertz CT molecular complexity index is 646. The Balaban J connectivity index is 0. The number of rotatable bonds is 37. The molecular weight excluding hydrogens is 618 g/mol. The summed E-state index contributed by atoms with van der Waals surface area (Å²) in [6.07, 6.45) is 40.0. The second kappa shape index (κ2) is 37.4. The summed E-state index contributed by atoms with van der Waals surface area (Å²) in [6.45, 7) is 6.72. The molecule has 2 amide bonds. The molecule has 288 valence electrons. The van der Waals surface area contributed by atoms with Crippen molar-refractivity contribution in [3.63, 3.8) is 0 Å². The molecule has 0 aliphatic heterocycles. The van der Waals surface area contributed by atoms with E-state index in [1.54, 1.807) is 0 Å². The summed E-state index contributed by atoms with van der Waals surface area (Å²) in [5, 5.41) is 15.6. The lowest BCUT2D eigenvalue weighted by molar-refractivity contribution is -0.131. The van der Waals surface area contributed by atoms with Crippen LogP contribution in [0.5, 0.6) is 0 Å². The normalized spacial score (nSPS) is 11.5. The fraction of sp³-hybridized carbons (Fsp3) is 0.951. The van der Waals surface area contributed by atoms with Gasteiger partial charge in [-0.1, -0.05) is 194 Å². The highest BCUT2D eigenvalue weighted by molar-refractivity contribution is 5.85. The minimum Gasteiger partial charge on any atom is -0.395 e. The number of hydrogen-bond acceptors (Lipinski definition) is 4. The van der Waals surface area contributed by atoms with Crippen LogP contribution in [0.25, 0.3) is 0 Å². The molecule has 0 aromatic rings. The van der Waals surface area contributed by atoms with Gasteiger partial charge in [0.15, 0.2) is 5.79 Å². The van der Waals surface area contributed by atoms with Gasteiger partial charge in [-0.05, 0) is 26.8 Å². The lowest BCUT2D eigenvalue weighted by Gasteiger charge is -2.39. The van der Waals surface area contributed by atoms with Crippen LogP contribution in [0, 0.1) is 0 Å². The molecule has 0 bridgehead atoms. The molecular formula is C41H84ClN3O3. The van der Waals surface area contributed by atoms with Gasteiger partial charge in [0.2, 0.25) is 11.8 Å². The fourth-order valence-corrected chi connectivity index (χ4v) is 6.58. The Morgan fingerprint density at radius 3 is 0.938 bits per heavy atom. The molecule has 0 atom stereocenters. The standard InChI is InChI=1S/C41H83N3O3.ClH/c1-5-7-9-11-13-15-17-19-21-23-25-27-29-31-33-35-39(46)42-41(3,44(4)37-38-45)43-40(47)36-34-32-30-28-26-24-22-20-18-16-14-12-10-8-6-2;/h45H,5-38H2,1-4H3,(H,42,46)(H,43,47);1H. The van der Waals surface area contributed by atoms with Crippen molar-refractivity contribution in [3.05, 3.63) is 0 Å². The summed E-state index contributed by atoms with van der Waals surface area (Å²) < 4.78 is 0. The molecule has 0 fully saturated rings. The van der Waals surface area contributed by atoms with Crippen LogP contribution < -0.4 is 10.6 Å². The van der Waals surface area contributed by atoms with E-state index >= 15 is 0 Å². The van der Waals surface area contributed by atoms with Gasteiger partial charge in [-0.2, -0.15) is 0 Å². The molecule has 0 saturated heterocycles. The first-order valence-corrected chi connectivity index (χ1v) is 20.8. The maximum absolute atomic E-state index is 12.8. The van der Waals surface area contributed by atoms with Gasteiger partial charge in [0.25, 0.3) is 0 Å². The summed E-state index contributed by atoms with van der Waals surface area (Å²) >= 11 is 0. The van der Waals surface area contributed by atoms with Crippen LogP contribution >= 0.6 is 12.4 Å². The molecule has 48 heavy (non-hydrogen) atoms. The minimum atomic E-state index is -0.998. The lowest BCUT2D eigenvalue weighted by atomic mass is 10.0. The number of aliphatic hydroxyl groups is 1. The molecule has 0 aliphatic rings. The number of aliphatic hydroxyl groups excluding tert-OH is 1. The van der Waals surface area contributed by atoms with Gasteiger partial charge < -0.3 is 15.7 Å². The van der Waals surface area contributed by atoms with Crippen molar-refractivity contribution in [2.75, 3.05) is 20.2 Å². The molecule has 3 N–H and O–H groups in total. The van der Waals surface area contributed by atoms with Crippen LogP contribution in [0.4, 0.5) is 0 Å². The molecule has 0 saturated carbocycles. The quantitative estimate of drug-likeness (QED) is 0.0445. The third kappa shape index (κ3) is 32.4. The molecule has 0 aromatic heterocycles. The van der Waals surface area contributed by atoms with E-state index in [9.17, 15) is 14.7 Å². The SMILES string of the molecule is CCCCCCCCCCCCCCCCCC(=O)NC(C)(NC(=O)CCCCCCCCCCCCCCCCC)N(C)CCO.Cl. The maximum Gasteiger partial charge on any atom is 0.222 e. The van der Waals surface area contributed by atoms with Crippen molar-refractivity contribution in [1.82, 2.24) is 15.5 Å². The average Bonchev–Trinajstić information content (AvgIpc) is 3.04. The van der Waals surface area contributed by atoms with Crippen molar-refractivity contribution >= 4 is 24.2 Å². The molecule has 0 aromatic carbocycles. The van der Waals surface area contributed by atoms with E-state index in [2.05, 4.69) is 24.5 Å². The van der Waals surface area contributed by atoms with Crippen molar-refractivity contribution in [1.29, 1.82) is 0 Å². The van der Waals surface area contributed by atoms with Crippen molar-refractivity contribution in [3.8, 4) is 0 Å². The van der Waals surface area contributed by atoms with Crippen molar-refractivity contribution in [2.45, 2.75) is 232 Å². The van der Waals surface area contributed by atoms with Crippen LogP contribution in [0.2, 0.25) is 0 Å².